The Morgan fingerprint density at radius 1 is 1.22 bits per heavy atom. The summed E-state index contributed by atoms with van der Waals surface area (Å²) in [5.74, 6) is -0.723. The first kappa shape index (κ1) is 14.7. The molecular weight excluding hydrogens is 226 g/mol. The highest BCUT2D eigenvalue weighted by Crippen LogP contribution is 2.13. The molecule has 0 spiro atoms. The first-order valence-corrected chi connectivity index (χ1v) is 6.58. The predicted molar refractivity (Wildman–Crippen MR) is 73.8 cm³/mol. The summed E-state index contributed by atoms with van der Waals surface area (Å²) in [6.45, 7) is 7.99. The standard InChI is InChI=1S/C15H23NO2/c1-4-16(5-2)14(11-15(17)18)10-13-8-6-12(3)7-9-13/h6-9,14H,4-5,10-11H2,1-3H3,(H,17,18). The zero-order chi connectivity index (χ0) is 13.5. The monoisotopic (exact) mass is 249 g/mol. The van der Waals surface area contributed by atoms with Gasteiger partial charge in [-0.3, -0.25) is 4.79 Å². The molecule has 0 saturated carbocycles. The van der Waals surface area contributed by atoms with Crippen molar-refractivity contribution in [3.8, 4) is 0 Å². The number of likely N-dealkylation sites (N-methyl/N-ethyl adjacent to an activating group) is 1. The van der Waals surface area contributed by atoms with E-state index in [4.69, 9.17) is 5.11 Å². The van der Waals surface area contributed by atoms with Crippen LogP contribution < -0.4 is 0 Å². The van der Waals surface area contributed by atoms with Crippen LogP contribution >= 0.6 is 0 Å². The average molecular weight is 249 g/mol. The zero-order valence-electron chi connectivity index (χ0n) is 11.5. The van der Waals surface area contributed by atoms with Crippen molar-refractivity contribution < 1.29 is 9.90 Å². The van der Waals surface area contributed by atoms with E-state index in [1.165, 1.54) is 11.1 Å². The van der Waals surface area contributed by atoms with Crippen LogP contribution in [0.5, 0.6) is 0 Å². The summed E-state index contributed by atoms with van der Waals surface area (Å²) < 4.78 is 0. The van der Waals surface area contributed by atoms with Crippen molar-refractivity contribution in [2.45, 2.75) is 39.7 Å². The van der Waals surface area contributed by atoms with Gasteiger partial charge in [0.25, 0.3) is 0 Å². The van der Waals surface area contributed by atoms with Gasteiger partial charge in [-0.25, -0.2) is 0 Å². The van der Waals surface area contributed by atoms with Gasteiger partial charge in [0.05, 0.1) is 6.42 Å². The van der Waals surface area contributed by atoms with Gasteiger partial charge in [-0.1, -0.05) is 43.7 Å². The summed E-state index contributed by atoms with van der Waals surface area (Å²) in [5, 5.41) is 9.02. The van der Waals surface area contributed by atoms with Crippen LogP contribution in [0.3, 0.4) is 0 Å². The van der Waals surface area contributed by atoms with Crippen LogP contribution in [-0.2, 0) is 11.2 Å². The number of hydrogen-bond acceptors (Lipinski definition) is 2. The second-order valence-electron chi connectivity index (χ2n) is 4.66. The number of carboxylic acids is 1. The molecule has 1 N–H and O–H groups in total. The molecule has 0 radical (unpaired) electrons. The SMILES string of the molecule is CCN(CC)C(CC(=O)O)Cc1ccc(C)cc1. The van der Waals surface area contributed by atoms with Crippen molar-refractivity contribution in [3.63, 3.8) is 0 Å². The Balaban J connectivity index is 2.76. The van der Waals surface area contributed by atoms with Gasteiger partial charge in [0.15, 0.2) is 0 Å². The van der Waals surface area contributed by atoms with Gasteiger partial charge in [0.2, 0.25) is 0 Å². The predicted octanol–water partition coefficient (Wildman–Crippen LogP) is 2.72. The van der Waals surface area contributed by atoms with Gasteiger partial charge < -0.3 is 10.0 Å². The molecule has 100 valence electrons. The number of aliphatic carboxylic acids is 1. The minimum absolute atomic E-state index is 0.0835. The number of aryl methyl sites for hydroxylation is 1. The first-order chi connectivity index (χ1) is 8.56. The van der Waals surface area contributed by atoms with Crippen LogP contribution in [0.25, 0.3) is 0 Å². The molecular formula is C15H23NO2. The Morgan fingerprint density at radius 2 is 1.78 bits per heavy atom. The van der Waals surface area contributed by atoms with Crippen LogP contribution in [0, 0.1) is 6.92 Å². The highest BCUT2D eigenvalue weighted by Gasteiger charge is 2.19. The lowest BCUT2D eigenvalue weighted by Gasteiger charge is -2.28. The van der Waals surface area contributed by atoms with Crippen molar-refractivity contribution in [1.29, 1.82) is 0 Å². The van der Waals surface area contributed by atoms with Crippen molar-refractivity contribution in [2.24, 2.45) is 0 Å². The second kappa shape index (κ2) is 7.17. The van der Waals surface area contributed by atoms with Crippen LogP contribution in [0.15, 0.2) is 24.3 Å². The van der Waals surface area contributed by atoms with E-state index in [9.17, 15) is 4.79 Å². The maximum atomic E-state index is 11.0. The highest BCUT2D eigenvalue weighted by atomic mass is 16.4. The largest absolute Gasteiger partial charge is 0.481 e. The van der Waals surface area contributed by atoms with Gasteiger partial charge in [0, 0.05) is 6.04 Å². The molecule has 0 heterocycles. The van der Waals surface area contributed by atoms with E-state index in [-0.39, 0.29) is 12.5 Å². The summed E-state index contributed by atoms with van der Waals surface area (Å²) in [4.78, 5) is 13.2. The molecule has 1 rings (SSSR count). The van der Waals surface area contributed by atoms with Gasteiger partial charge in [-0.15, -0.1) is 0 Å². The lowest BCUT2D eigenvalue weighted by molar-refractivity contribution is -0.138. The fourth-order valence-corrected chi connectivity index (χ4v) is 2.27. The molecule has 18 heavy (non-hydrogen) atoms. The van der Waals surface area contributed by atoms with Crippen molar-refractivity contribution >= 4 is 5.97 Å². The minimum atomic E-state index is -0.723. The number of carbonyl (C=O) groups is 1. The summed E-state index contributed by atoms with van der Waals surface area (Å²) in [6, 6.07) is 8.42. The Kier molecular flexibility index (Phi) is 5.86. The fraction of sp³-hybridized carbons (Fsp3) is 0.533. The Morgan fingerprint density at radius 3 is 2.22 bits per heavy atom. The molecule has 0 saturated heterocycles. The topological polar surface area (TPSA) is 40.5 Å². The van der Waals surface area contributed by atoms with E-state index in [2.05, 4.69) is 49.9 Å². The van der Waals surface area contributed by atoms with Crippen molar-refractivity contribution in [3.05, 3.63) is 35.4 Å². The fourth-order valence-electron chi connectivity index (χ4n) is 2.27. The number of hydrogen-bond donors (Lipinski definition) is 1. The van der Waals surface area contributed by atoms with Crippen molar-refractivity contribution in [1.82, 2.24) is 4.90 Å². The molecule has 0 aliphatic carbocycles. The molecule has 0 bridgehead atoms. The quantitative estimate of drug-likeness (QED) is 0.807. The first-order valence-electron chi connectivity index (χ1n) is 6.58. The van der Waals surface area contributed by atoms with E-state index < -0.39 is 5.97 Å². The molecule has 1 unspecified atom stereocenters. The molecule has 3 nitrogen and oxygen atoms in total. The van der Waals surface area contributed by atoms with Gasteiger partial charge in [-0.05, 0) is 32.0 Å². The Hall–Kier alpha value is -1.35. The molecule has 1 aromatic carbocycles. The number of rotatable bonds is 7. The summed E-state index contributed by atoms with van der Waals surface area (Å²) in [6.07, 6.45) is 1.00. The Bertz CT molecular complexity index is 369. The molecule has 3 heteroatoms. The van der Waals surface area contributed by atoms with Gasteiger partial charge >= 0.3 is 5.97 Å². The smallest absolute Gasteiger partial charge is 0.304 e. The van der Waals surface area contributed by atoms with E-state index in [1.807, 2.05) is 0 Å². The van der Waals surface area contributed by atoms with E-state index in [1.54, 1.807) is 0 Å². The van der Waals surface area contributed by atoms with Gasteiger partial charge in [0.1, 0.15) is 0 Å². The third kappa shape index (κ3) is 4.49. The molecule has 0 aliphatic heterocycles. The van der Waals surface area contributed by atoms with Crippen LogP contribution in [0.1, 0.15) is 31.4 Å². The van der Waals surface area contributed by atoms with Crippen LogP contribution in [0.4, 0.5) is 0 Å². The third-order valence-electron chi connectivity index (χ3n) is 3.33. The van der Waals surface area contributed by atoms with Crippen molar-refractivity contribution in [2.75, 3.05) is 13.1 Å². The number of benzene rings is 1. The maximum absolute atomic E-state index is 11.0. The molecule has 1 aromatic rings. The highest BCUT2D eigenvalue weighted by molar-refractivity contribution is 5.67. The molecule has 0 aromatic heterocycles. The lowest BCUT2D eigenvalue weighted by Crippen LogP contribution is -2.38. The molecule has 0 fully saturated rings. The lowest BCUT2D eigenvalue weighted by atomic mass is 10.0. The zero-order valence-corrected chi connectivity index (χ0v) is 11.5. The van der Waals surface area contributed by atoms with E-state index >= 15 is 0 Å². The summed E-state index contributed by atoms with van der Waals surface area (Å²) in [5.41, 5.74) is 2.44. The maximum Gasteiger partial charge on any atom is 0.304 e. The van der Waals surface area contributed by atoms with E-state index in [0.717, 1.165) is 19.5 Å². The van der Waals surface area contributed by atoms with Gasteiger partial charge in [-0.2, -0.15) is 0 Å². The van der Waals surface area contributed by atoms with E-state index in [0.29, 0.717) is 0 Å². The van der Waals surface area contributed by atoms with Crippen LogP contribution in [-0.4, -0.2) is 35.1 Å². The second-order valence-corrected chi connectivity index (χ2v) is 4.66. The summed E-state index contributed by atoms with van der Waals surface area (Å²) >= 11 is 0. The van der Waals surface area contributed by atoms with Crippen LogP contribution in [0.2, 0.25) is 0 Å². The average Bonchev–Trinajstić information content (AvgIpc) is 2.33. The third-order valence-corrected chi connectivity index (χ3v) is 3.33. The molecule has 0 amide bonds. The number of nitrogens with zero attached hydrogens (tertiary/aromatic N) is 1. The Labute approximate surface area is 109 Å². The summed E-state index contributed by atoms with van der Waals surface area (Å²) in [7, 11) is 0. The minimum Gasteiger partial charge on any atom is -0.481 e. The normalized spacial score (nSPS) is 12.7. The molecule has 1 atom stereocenters. The number of carboxylic acid groups (broad SMARTS) is 1. The molecule has 0 aliphatic rings.